The van der Waals surface area contributed by atoms with Crippen molar-refractivity contribution in [1.82, 2.24) is 16.0 Å². The number of aliphatic hydroxyl groups is 1. The lowest BCUT2D eigenvalue weighted by molar-refractivity contribution is -0.144. The molecule has 0 saturated heterocycles. The molecule has 3 amide bonds. The van der Waals surface area contributed by atoms with Crippen LogP contribution in [0.15, 0.2) is 0 Å². The molecule has 12 heteroatoms. The van der Waals surface area contributed by atoms with Crippen LogP contribution in [0.2, 0.25) is 0 Å². The Balaban J connectivity index is 5.47. The Morgan fingerprint density at radius 2 is 1.32 bits per heavy atom. The van der Waals surface area contributed by atoms with Gasteiger partial charge in [-0.05, 0) is 25.2 Å². The molecule has 0 saturated carbocycles. The summed E-state index contributed by atoms with van der Waals surface area (Å²) >= 11 is 0. The Bertz CT molecular complexity index is 665. The van der Waals surface area contributed by atoms with Crippen LogP contribution in [0.4, 0.5) is 0 Å². The predicted octanol–water partition coefficient (Wildman–Crippen LogP) is -1.59. The van der Waals surface area contributed by atoms with E-state index in [9.17, 15) is 34.2 Å². The lowest BCUT2D eigenvalue weighted by Gasteiger charge is -2.26. The van der Waals surface area contributed by atoms with Gasteiger partial charge in [0.05, 0.1) is 18.6 Å². The molecule has 31 heavy (non-hydrogen) atoms. The van der Waals surface area contributed by atoms with Crippen molar-refractivity contribution in [3.63, 3.8) is 0 Å². The second-order valence-electron chi connectivity index (χ2n) is 8.18. The Morgan fingerprint density at radius 1 is 0.806 bits per heavy atom. The van der Waals surface area contributed by atoms with Crippen LogP contribution in [0.5, 0.6) is 0 Å². The molecule has 0 rings (SSSR count). The number of carbonyl (C=O) groups excluding carboxylic acids is 3. The van der Waals surface area contributed by atoms with Crippen LogP contribution in [0.3, 0.4) is 0 Å². The minimum atomic E-state index is -1.63. The smallest absolute Gasteiger partial charge is 0.326 e. The molecule has 178 valence electrons. The summed E-state index contributed by atoms with van der Waals surface area (Å²) in [6.45, 7) is 8.09. The number of hydrogen-bond donors (Lipinski definition) is 7. The van der Waals surface area contributed by atoms with Crippen LogP contribution >= 0.6 is 0 Å². The number of rotatable bonds is 13. The molecule has 0 aliphatic heterocycles. The van der Waals surface area contributed by atoms with Gasteiger partial charge < -0.3 is 37.0 Å². The molecule has 5 atom stereocenters. The Hall–Kier alpha value is -2.73. The van der Waals surface area contributed by atoms with Gasteiger partial charge in [0, 0.05) is 0 Å². The number of nitrogens with one attached hydrogen (secondary N) is 3. The standard InChI is InChI=1S/C19H34N4O8/c1-8(2)6-12(19(30)31)22-16(27)11(7-13(25)26)21-18(29)15(10(5)24)23-17(28)14(20)9(3)4/h8-12,14-15,24H,6-7,20H2,1-5H3,(H,21,29)(H,22,27)(H,23,28)(H,25,26)(H,30,31). The largest absolute Gasteiger partial charge is 0.481 e. The molecule has 0 aliphatic carbocycles. The van der Waals surface area contributed by atoms with E-state index in [2.05, 4.69) is 16.0 Å². The summed E-state index contributed by atoms with van der Waals surface area (Å²) in [7, 11) is 0. The number of aliphatic carboxylic acids is 2. The van der Waals surface area contributed by atoms with E-state index in [1.54, 1.807) is 27.7 Å². The highest BCUT2D eigenvalue weighted by Crippen LogP contribution is 2.07. The molecule has 12 nitrogen and oxygen atoms in total. The summed E-state index contributed by atoms with van der Waals surface area (Å²) in [6, 6.07) is -5.38. The van der Waals surface area contributed by atoms with Crippen molar-refractivity contribution in [3.05, 3.63) is 0 Å². The molecule has 0 bridgehead atoms. The van der Waals surface area contributed by atoms with Crippen LogP contribution in [0.1, 0.15) is 47.5 Å². The van der Waals surface area contributed by atoms with Crippen LogP contribution in [-0.4, -0.2) is 75.3 Å². The first-order valence-electron chi connectivity index (χ1n) is 9.96. The Morgan fingerprint density at radius 3 is 1.71 bits per heavy atom. The van der Waals surface area contributed by atoms with Crippen LogP contribution in [0, 0.1) is 11.8 Å². The van der Waals surface area contributed by atoms with Gasteiger partial charge in [-0.25, -0.2) is 4.79 Å². The van der Waals surface area contributed by atoms with Crippen LogP contribution in [-0.2, 0) is 24.0 Å². The van der Waals surface area contributed by atoms with Gasteiger partial charge in [-0.3, -0.25) is 19.2 Å². The minimum Gasteiger partial charge on any atom is -0.481 e. The molecular weight excluding hydrogens is 412 g/mol. The fourth-order valence-electron chi connectivity index (χ4n) is 2.57. The normalized spacial score (nSPS) is 16.0. The lowest BCUT2D eigenvalue weighted by Crippen LogP contribution is -2.60. The monoisotopic (exact) mass is 446 g/mol. The summed E-state index contributed by atoms with van der Waals surface area (Å²) in [4.78, 5) is 59.8. The molecule has 0 heterocycles. The van der Waals surface area contributed by atoms with Gasteiger partial charge in [0.15, 0.2) is 0 Å². The molecule has 0 radical (unpaired) electrons. The van der Waals surface area contributed by atoms with E-state index < -0.39 is 66.4 Å². The zero-order chi connectivity index (χ0) is 24.5. The summed E-state index contributed by atoms with van der Waals surface area (Å²) in [5.41, 5.74) is 5.72. The maximum atomic E-state index is 12.6. The third-order valence-corrected chi connectivity index (χ3v) is 4.42. The number of amides is 3. The van der Waals surface area contributed by atoms with Gasteiger partial charge in [-0.15, -0.1) is 0 Å². The zero-order valence-electron chi connectivity index (χ0n) is 18.4. The molecule has 0 aromatic carbocycles. The van der Waals surface area contributed by atoms with E-state index in [0.717, 1.165) is 0 Å². The number of nitrogens with two attached hydrogens (primary N) is 1. The van der Waals surface area contributed by atoms with E-state index >= 15 is 0 Å². The Kier molecular flexibility index (Phi) is 11.7. The number of carboxylic acid groups (broad SMARTS) is 2. The highest BCUT2D eigenvalue weighted by molar-refractivity contribution is 5.95. The highest BCUT2D eigenvalue weighted by Gasteiger charge is 2.33. The number of carbonyl (C=O) groups is 5. The van der Waals surface area contributed by atoms with Crippen LogP contribution in [0.25, 0.3) is 0 Å². The van der Waals surface area contributed by atoms with Gasteiger partial charge in [0.2, 0.25) is 17.7 Å². The third-order valence-electron chi connectivity index (χ3n) is 4.42. The highest BCUT2D eigenvalue weighted by atomic mass is 16.4. The van der Waals surface area contributed by atoms with Crippen molar-refractivity contribution in [3.8, 4) is 0 Å². The number of aliphatic hydroxyl groups excluding tert-OH is 1. The number of carboxylic acids is 2. The molecule has 0 aromatic heterocycles. The molecule has 0 aliphatic rings. The van der Waals surface area contributed by atoms with Gasteiger partial charge in [0.1, 0.15) is 18.1 Å². The Labute approximate surface area is 180 Å². The quantitative estimate of drug-likeness (QED) is 0.174. The van der Waals surface area contributed by atoms with Crippen molar-refractivity contribution in [1.29, 1.82) is 0 Å². The van der Waals surface area contributed by atoms with Crippen molar-refractivity contribution in [2.24, 2.45) is 17.6 Å². The molecule has 5 unspecified atom stereocenters. The van der Waals surface area contributed by atoms with Gasteiger partial charge in [-0.2, -0.15) is 0 Å². The zero-order valence-corrected chi connectivity index (χ0v) is 18.4. The summed E-state index contributed by atoms with van der Waals surface area (Å²) in [6.07, 6.45) is -2.13. The number of hydrogen-bond acceptors (Lipinski definition) is 7. The third kappa shape index (κ3) is 10.2. The van der Waals surface area contributed by atoms with E-state index in [1.807, 2.05) is 0 Å². The van der Waals surface area contributed by atoms with Crippen molar-refractivity contribution >= 4 is 29.7 Å². The van der Waals surface area contributed by atoms with Crippen LogP contribution < -0.4 is 21.7 Å². The van der Waals surface area contributed by atoms with Crippen molar-refractivity contribution in [2.45, 2.75) is 77.7 Å². The summed E-state index contributed by atoms with van der Waals surface area (Å²) in [5.74, 6) is -5.80. The fourth-order valence-corrected chi connectivity index (χ4v) is 2.57. The van der Waals surface area contributed by atoms with Gasteiger partial charge in [0.25, 0.3) is 0 Å². The van der Waals surface area contributed by atoms with E-state index in [4.69, 9.17) is 10.8 Å². The molecule has 0 fully saturated rings. The van der Waals surface area contributed by atoms with Gasteiger partial charge in [-0.1, -0.05) is 27.7 Å². The topological polar surface area (TPSA) is 208 Å². The SMILES string of the molecule is CC(C)CC(NC(=O)C(CC(=O)O)NC(=O)C(NC(=O)C(N)C(C)C)C(C)O)C(=O)O. The first-order valence-corrected chi connectivity index (χ1v) is 9.96. The average Bonchev–Trinajstić information content (AvgIpc) is 2.62. The van der Waals surface area contributed by atoms with Gasteiger partial charge >= 0.3 is 11.9 Å². The minimum absolute atomic E-state index is 0.0751. The first-order chi connectivity index (χ1) is 14.2. The maximum Gasteiger partial charge on any atom is 0.326 e. The average molecular weight is 447 g/mol. The van der Waals surface area contributed by atoms with Crippen molar-refractivity contribution in [2.75, 3.05) is 0 Å². The summed E-state index contributed by atoms with van der Waals surface area (Å²) < 4.78 is 0. The lowest BCUT2D eigenvalue weighted by atomic mass is 10.0. The van der Waals surface area contributed by atoms with Crippen molar-refractivity contribution < 1.29 is 39.3 Å². The maximum absolute atomic E-state index is 12.6. The molecule has 0 spiro atoms. The predicted molar refractivity (Wildman–Crippen MR) is 110 cm³/mol. The van der Waals surface area contributed by atoms with E-state index in [-0.39, 0.29) is 18.3 Å². The van der Waals surface area contributed by atoms with E-state index in [0.29, 0.717) is 0 Å². The summed E-state index contributed by atoms with van der Waals surface area (Å²) in [5, 5.41) is 34.9. The molecule has 8 N–H and O–H groups in total. The van der Waals surface area contributed by atoms with E-state index in [1.165, 1.54) is 6.92 Å². The second kappa shape index (κ2) is 12.8. The first kappa shape index (κ1) is 28.3. The second-order valence-corrected chi connectivity index (χ2v) is 8.18. The molecule has 0 aromatic rings. The molecular formula is C19H34N4O8. The fraction of sp³-hybridized carbons (Fsp3) is 0.737.